The molecule has 0 aromatic carbocycles. The van der Waals surface area contributed by atoms with Crippen molar-refractivity contribution in [3.63, 3.8) is 0 Å². The first-order valence-electron chi connectivity index (χ1n) is 5.49. The molecule has 0 aromatic heterocycles. The summed E-state index contributed by atoms with van der Waals surface area (Å²) in [7, 11) is -1.55. The molecule has 0 fully saturated rings. The molecule has 80 valence electrons. The predicted molar refractivity (Wildman–Crippen MR) is 68.5 cm³/mol. The summed E-state index contributed by atoms with van der Waals surface area (Å²) < 4.78 is 2.80. The van der Waals surface area contributed by atoms with Crippen molar-refractivity contribution < 1.29 is 0 Å². The van der Waals surface area contributed by atoms with Gasteiger partial charge in [-0.1, -0.05) is 53.9 Å². The summed E-state index contributed by atoms with van der Waals surface area (Å²) in [5.41, 5.74) is 0. The van der Waals surface area contributed by atoms with Gasteiger partial charge in [0.05, 0.1) is 0 Å². The van der Waals surface area contributed by atoms with E-state index in [9.17, 15) is 0 Å². The molecule has 0 heterocycles. The first-order valence-corrected chi connectivity index (χ1v) is 12.6. The van der Waals surface area contributed by atoms with Crippen molar-refractivity contribution in [2.45, 2.75) is 66.0 Å². The zero-order valence-electron chi connectivity index (χ0n) is 10.7. The van der Waals surface area contributed by atoms with E-state index in [-0.39, 0.29) is 0 Å². The SMILES string of the molecule is CC(C)N(C(C)C)[Si](C)(C)[SiH](C)C. The second-order valence-corrected chi connectivity index (χ2v) is 19.2. The van der Waals surface area contributed by atoms with E-state index >= 15 is 0 Å². The fourth-order valence-electron chi connectivity index (χ4n) is 2.23. The first-order chi connectivity index (χ1) is 5.71. The summed E-state index contributed by atoms with van der Waals surface area (Å²) in [6, 6.07) is 1.44. The van der Waals surface area contributed by atoms with E-state index < -0.39 is 16.1 Å². The smallest absolute Gasteiger partial charge is 0.108 e. The zero-order chi connectivity index (χ0) is 10.8. The van der Waals surface area contributed by atoms with Crippen molar-refractivity contribution >= 4 is 16.1 Å². The molecule has 1 nitrogen and oxygen atoms in total. The zero-order valence-corrected chi connectivity index (χ0v) is 12.8. The summed E-state index contributed by atoms with van der Waals surface area (Å²) in [6.07, 6.45) is 0. The number of nitrogens with zero attached hydrogens (tertiary/aromatic N) is 1. The Hall–Kier alpha value is 0.394. The van der Waals surface area contributed by atoms with E-state index in [2.05, 4.69) is 58.4 Å². The molecule has 0 saturated heterocycles. The van der Waals surface area contributed by atoms with Crippen LogP contribution in [0.2, 0.25) is 26.2 Å². The molecule has 0 aromatic rings. The normalized spacial score (nSPS) is 13.8. The molecule has 3 heteroatoms. The third kappa shape index (κ3) is 3.22. The molecule has 0 aliphatic carbocycles. The predicted octanol–water partition coefficient (Wildman–Crippen LogP) is 2.88. The second kappa shape index (κ2) is 4.76. The number of hydrogen-bond acceptors (Lipinski definition) is 1. The lowest BCUT2D eigenvalue weighted by molar-refractivity contribution is 0.301. The van der Waals surface area contributed by atoms with Gasteiger partial charge >= 0.3 is 0 Å². The van der Waals surface area contributed by atoms with Gasteiger partial charge in [0.25, 0.3) is 0 Å². The molecule has 0 rings (SSSR count). The molecular weight excluding hydrogens is 190 g/mol. The lowest BCUT2D eigenvalue weighted by Crippen LogP contribution is -2.62. The Kier molecular flexibility index (Phi) is 4.90. The molecule has 0 atom stereocenters. The Morgan fingerprint density at radius 1 is 0.923 bits per heavy atom. The molecule has 0 bridgehead atoms. The topological polar surface area (TPSA) is 3.24 Å². The van der Waals surface area contributed by atoms with Gasteiger partial charge in [0, 0.05) is 8.31 Å². The minimum Gasteiger partial charge on any atom is -0.322 e. The van der Waals surface area contributed by atoms with Gasteiger partial charge in [0.1, 0.15) is 7.75 Å². The van der Waals surface area contributed by atoms with Crippen LogP contribution in [0.5, 0.6) is 0 Å². The van der Waals surface area contributed by atoms with Crippen LogP contribution in [0.25, 0.3) is 0 Å². The largest absolute Gasteiger partial charge is 0.322 e. The van der Waals surface area contributed by atoms with Crippen LogP contribution in [0.4, 0.5) is 0 Å². The fourth-order valence-corrected chi connectivity index (χ4v) is 9.06. The fraction of sp³-hybridized carbons (Fsp3) is 1.00. The maximum Gasteiger partial charge on any atom is 0.108 e. The molecule has 0 radical (unpaired) electrons. The standard InChI is InChI=1S/C10H27NSi2/c1-9(2)11(10(3)4)13(7,8)12(5)6/h9-10,12H,1-8H3. The first kappa shape index (κ1) is 13.4. The Labute approximate surface area is 87.0 Å². The summed E-state index contributed by atoms with van der Waals surface area (Å²) in [5, 5.41) is 0. The van der Waals surface area contributed by atoms with Gasteiger partial charge in [-0.3, -0.25) is 0 Å². The molecule has 0 N–H and O–H groups in total. The van der Waals surface area contributed by atoms with Crippen molar-refractivity contribution in [2.75, 3.05) is 0 Å². The van der Waals surface area contributed by atoms with E-state index in [1.54, 1.807) is 0 Å². The molecule has 0 spiro atoms. The molecule has 0 aliphatic rings. The quantitative estimate of drug-likeness (QED) is 0.655. The molecular formula is C10H27NSi2. The van der Waals surface area contributed by atoms with Gasteiger partial charge in [-0.25, -0.2) is 0 Å². The van der Waals surface area contributed by atoms with Crippen molar-refractivity contribution in [3.8, 4) is 0 Å². The van der Waals surface area contributed by atoms with E-state index in [0.717, 1.165) is 12.1 Å². The van der Waals surface area contributed by atoms with Crippen LogP contribution in [0.1, 0.15) is 27.7 Å². The van der Waals surface area contributed by atoms with Gasteiger partial charge in [0.2, 0.25) is 0 Å². The Bertz CT molecular complexity index is 145. The Morgan fingerprint density at radius 3 is 1.31 bits per heavy atom. The maximum atomic E-state index is 2.80. The highest BCUT2D eigenvalue weighted by Crippen LogP contribution is 2.20. The van der Waals surface area contributed by atoms with Crippen LogP contribution in [0.3, 0.4) is 0 Å². The van der Waals surface area contributed by atoms with Crippen LogP contribution >= 0.6 is 0 Å². The molecule has 0 unspecified atom stereocenters. The third-order valence-electron chi connectivity index (χ3n) is 3.19. The van der Waals surface area contributed by atoms with Gasteiger partial charge in [0.15, 0.2) is 0 Å². The molecule has 0 amide bonds. The molecule has 0 aliphatic heterocycles. The van der Waals surface area contributed by atoms with Crippen molar-refractivity contribution in [2.24, 2.45) is 0 Å². The van der Waals surface area contributed by atoms with E-state index in [1.807, 2.05) is 0 Å². The van der Waals surface area contributed by atoms with Crippen LogP contribution < -0.4 is 0 Å². The molecule has 0 saturated carbocycles. The van der Waals surface area contributed by atoms with E-state index in [0.29, 0.717) is 0 Å². The third-order valence-corrected chi connectivity index (χ3v) is 17.8. The van der Waals surface area contributed by atoms with Gasteiger partial charge in [-0.2, -0.15) is 0 Å². The van der Waals surface area contributed by atoms with Gasteiger partial charge < -0.3 is 4.57 Å². The van der Waals surface area contributed by atoms with Crippen LogP contribution in [-0.2, 0) is 0 Å². The van der Waals surface area contributed by atoms with Crippen LogP contribution in [0.15, 0.2) is 0 Å². The van der Waals surface area contributed by atoms with Crippen LogP contribution in [0, 0.1) is 0 Å². The summed E-state index contributed by atoms with van der Waals surface area (Å²) in [4.78, 5) is 0. The Morgan fingerprint density at radius 2 is 1.23 bits per heavy atom. The Balaban J connectivity index is 4.73. The van der Waals surface area contributed by atoms with E-state index in [4.69, 9.17) is 0 Å². The minimum absolute atomic E-state index is 0.485. The summed E-state index contributed by atoms with van der Waals surface area (Å²) in [6.45, 7) is 19.5. The minimum atomic E-state index is -1.06. The van der Waals surface area contributed by atoms with E-state index in [1.165, 1.54) is 0 Å². The maximum absolute atomic E-state index is 2.80. The van der Waals surface area contributed by atoms with Crippen molar-refractivity contribution in [3.05, 3.63) is 0 Å². The summed E-state index contributed by atoms with van der Waals surface area (Å²) >= 11 is 0. The lowest BCUT2D eigenvalue weighted by Gasteiger charge is -2.45. The average molecular weight is 218 g/mol. The summed E-state index contributed by atoms with van der Waals surface area (Å²) in [5.74, 6) is 0. The van der Waals surface area contributed by atoms with Gasteiger partial charge in [-0.15, -0.1) is 0 Å². The second-order valence-electron chi connectivity index (χ2n) is 5.40. The number of hydrogen-bond donors (Lipinski definition) is 0. The highest BCUT2D eigenvalue weighted by Gasteiger charge is 2.36. The van der Waals surface area contributed by atoms with Crippen LogP contribution in [-0.4, -0.2) is 32.7 Å². The molecule has 13 heavy (non-hydrogen) atoms. The average Bonchev–Trinajstić information content (AvgIpc) is 1.82. The number of rotatable bonds is 4. The highest BCUT2D eigenvalue weighted by atomic mass is 29.2. The van der Waals surface area contributed by atoms with Gasteiger partial charge in [-0.05, 0) is 12.1 Å². The monoisotopic (exact) mass is 217 g/mol. The van der Waals surface area contributed by atoms with Crippen molar-refractivity contribution in [1.82, 2.24) is 4.57 Å². The lowest BCUT2D eigenvalue weighted by atomic mass is 10.3. The van der Waals surface area contributed by atoms with Crippen molar-refractivity contribution in [1.29, 1.82) is 0 Å². The highest BCUT2D eigenvalue weighted by molar-refractivity contribution is 7.30.